The highest BCUT2D eigenvalue weighted by Crippen LogP contribution is 2.10. The summed E-state index contributed by atoms with van der Waals surface area (Å²) in [5, 5.41) is 10.5. The Bertz CT molecular complexity index is 637. The van der Waals surface area contributed by atoms with Gasteiger partial charge in [-0.25, -0.2) is 0 Å². The predicted octanol–water partition coefficient (Wildman–Crippen LogP) is 2.49. The lowest BCUT2D eigenvalue weighted by atomic mass is 10.2. The van der Waals surface area contributed by atoms with Gasteiger partial charge in [0.2, 0.25) is 5.89 Å². The smallest absolute Gasteiger partial charge is 0.226 e. The van der Waals surface area contributed by atoms with Crippen LogP contribution in [0.2, 0.25) is 0 Å². The fourth-order valence-corrected chi connectivity index (χ4v) is 2.22. The molecule has 0 radical (unpaired) electrons. The van der Waals surface area contributed by atoms with E-state index >= 15 is 0 Å². The second-order valence-corrected chi connectivity index (χ2v) is 6.22. The molecule has 0 aliphatic heterocycles. The van der Waals surface area contributed by atoms with E-state index in [1.54, 1.807) is 13.3 Å². The van der Waals surface area contributed by atoms with E-state index in [9.17, 15) is 0 Å². The molecule has 144 valence electrons. The Balaban J connectivity index is 1.50. The van der Waals surface area contributed by atoms with E-state index < -0.39 is 0 Å². The zero-order chi connectivity index (χ0) is 18.6. The van der Waals surface area contributed by atoms with Gasteiger partial charge in [0.05, 0.1) is 6.26 Å². The van der Waals surface area contributed by atoms with E-state index in [1.807, 2.05) is 26.0 Å². The first-order valence-corrected chi connectivity index (χ1v) is 9.06. The number of aryl methyl sites for hydroxylation is 1. The van der Waals surface area contributed by atoms with E-state index in [0.717, 1.165) is 49.9 Å². The molecule has 2 aromatic heterocycles. The summed E-state index contributed by atoms with van der Waals surface area (Å²) in [6, 6.07) is 3.76. The van der Waals surface area contributed by atoms with Crippen LogP contribution in [0.1, 0.15) is 50.1 Å². The minimum absolute atomic E-state index is 0.289. The summed E-state index contributed by atoms with van der Waals surface area (Å²) in [5.74, 6) is 3.37. The SMILES string of the molecule is CN=C(NCCCOCc1ccco1)NCCCc1nc(C(C)C)no1. The van der Waals surface area contributed by atoms with Crippen molar-refractivity contribution in [1.82, 2.24) is 20.8 Å². The van der Waals surface area contributed by atoms with Gasteiger partial charge in [0.1, 0.15) is 12.4 Å². The second-order valence-electron chi connectivity index (χ2n) is 6.22. The summed E-state index contributed by atoms with van der Waals surface area (Å²) in [6.45, 7) is 6.85. The summed E-state index contributed by atoms with van der Waals surface area (Å²) >= 11 is 0. The lowest BCUT2D eigenvalue weighted by Gasteiger charge is -2.11. The Labute approximate surface area is 154 Å². The summed E-state index contributed by atoms with van der Waals surface area (Å²) in [7, 11) is 1.76. The van der Waals surface area contributed by atoms with Crippen molar-refractivity contribution in [2.75, 3.05) is 26.7 Å². The van der Waals surface area contributed by atoms with E-state index in [0.29, 0.717) is 19.1 Å². The minimum atomic E-state index is 0.289. The van der Waals surface area contributed by atoms with E-state index in [4.69, 9.17) is 13.7 Å². The molecule has 8 nitrogen and oxygen atoms in total. The number of hydrogen-bond acceptors (Lipinski definition) is 6. The first-order chi connectivity index (χ1) is 12.7. The number of nitrogens with one attached hydrogen (secondary N) is 2. The summed E-state index contributed by atoms with van der Waals surface area (Å²) in [6.07, 6.45) is 4.19. The van der Waals surface area contributed by atoms with Crippen molar-refractivity contribution >= 4 is 5.96 Å². The fourth-order valence-electron chi connectivity index (χ4n) is 2.22. The van der Waals surface area contributed by atoms with Crippen LogP contribution in [0.3, 0.4) is 0 Å². The third kappa shape index (κ3) is 7.26. The van der Waals surface area contributed by atoms with Gasteiger partial charge in [-0.3, -0.25) is 4.99 Å². The maximum atomic E-state index is 5.54. The molecule has 0 aromatic carbocycles. The molecule has 0 aliphatic rings. The minimum Gasteiger partial charge on any atom is -0.467 e. The van der Waals surface area contributed by atoms with Crippen LogP contribution >= 0.6 is 0 Å². The molecule has 26 heavy (non-hydrogen) atoms. The number of aromatic nitrogens is 2. The van der Waals surface area contributed by atoms with Gasteiger partial charge in [-0.1, -0.05) is 19.0 Å². The largest absolute Gasteiger partial charge is 0.467 e. The highest BCUT2D eigenvalue weighted by molar-refractivity contribution is 5.79. The van der Waals surface area contributed by atoms with Crippen molar-refractivity contribution in [3.05, 3.63) is 35.9 Å². The highest BCUT2D eigenvalue weighted by Gasteiger charge is 2.09. The van der Waals surface area contributed by atoms with Crippen LogP contribution in [0.25, 0.3) is 0 Å². The Morgan fingerprint density at radius 2 is 2.08 bits per heavy atom. The molecule has 0 bridgehead atoms. The van der Waals surface area contributed by atoms with Gasteiger partial charge in [0.25, 0.3) is 0 Å². The van der Waals surface area contributed by atoms with E-state index in [1.165, 1.54) is 0 Å². The van der Waals surface area contributed by atoms with E-state index in [2.05, 4.69) is 25.8 Å². The average Bonchev–Trinajstić information content (AvgIpc) is 3.31. The average molecular weight is 363 g/mol. The number of guanidine groups is 1. The first-order valence-electron chi connectivity index (χ1n) is 9.06. The van der Waals surface area contributed by atoms with Crippen LogP contribution in [-0.2, 0) is 17.8 Å². The number of hydrogen-bond donors (Lipinski definition) is 2. The zero-order valence-corrected chi connectivity index (χ0v) is 15.8. The Morgan fingerprint density at radius 3 is 2.73 bits per heavy atom. The maximum Gasteiger partial charge on any atom is 0.226 e. The van der Waals surface area contributed by atoms with Crippen molar-refractivity contribution < 1.29 is 13.7 Å². The maximum absolute atomic E-state index is 5.54. The molecule has 2 aromatic rings. The van der Waals surface area contributed by atoms with Gasteiger partial charge in [-0.2, -0.15) is 4.98 Å². The molecule has 0 atom stereocenters. The van der Waals surface area contributed by atoms with Crippen molar-refractivity contribution in [2.24, 2.45) is 4.99 Å². The van der Waals surface area contributed by atoms with Gasteiger partial charge in [0.15, 0.2) is 11.8 Å². The van der Waals surface area contributed by atoms with E-state index in [-0.39, 0.29) is 5.92 Å². The second kappa shape index (κ2) is 11.3. The first kappa shape index (κ1) is 20.0. The van der Waals surface area contributed by atoms with Gasteiger partial charge >= 0.3 is 0 Å². The third-order valence-electron chi connectivity index (χ3n) is 3.67. The van der Waals surface area contributed by atoms with Crippen molar-refractivity contribution in [3.63, 3.8) is 0 Å². The quantitative estimate of drug-likeness (QED) is 0.359. The molecule has 0 amide bonds. The van der Waals surface area contributed by atoms with Gasteiger partial charge in [0, 0.05) is 39.1 Å². The van der Waals surface area contributed by atoms with Crippen molar-refractivity contribution in [2.45, 2.75) is 45.6 Å². The topological polar surface area (TPSA) is 97.7 Å². The monoisotopic (exact) mass is 363 g/mol. The number of nitrogens with zero attached hydrogens (tertiary/aromatic N) is 3. The molecule has 2 rings (SSSR count). The molecule has 0 spiro atoms. The van der Waals surface area contributed by atoms with Gasteiger partial charge in [-0.05, 0) is 25.0 Å². The summed E-state index contributed by atoms with van der Waals surface area (Å²) < 4.78 is 16.0. The fraction of sp³-hybridized carbons (Fsp3) is 0.611. The summed E-state index contributed by atoms with van der Waals surface area (Å²) in [4.78, 5) is 8.58. The Kier molecular flexibility index (Phi) is 8.68. The molecular formula is C18H29N5O3. The molecule has 8 heteroatoms. The lowest BCUT2D eigenvalue weighted by Crippen LogP contribution is -2.38. The Morgan fingerprint density at radius 1 is 1.27 bits per heavy atom. The highest BCUT2D eigenvalue weighted by atomic mass is 16.5. The molecular weight excluding hydrogens is 334 g/mol. The van der Waals surface area contributed by atoms with Crippen LogP contribution in [0, 0.1) is 0 Å². The van der Waals surface area contributed by atoms with Crippen LogP contribution in [0.4, 0.5) is 0 Å². The molecule has 2 N–H and O–H groups in total. The number of rotatable bonds is 11. The standard InChI is InChI=1S/C18H29N5O3/c1-14(2)17-22-16(26-23-17)8-4-9-20-18(19-3)21-10-6-11-24-13-15-7-5-12-25-15/h5,7,12,14H,4,6,8-11,13H2,1-3H3,(H2,19,20,21). The molecule has 0 saturated heterocycles. The van der Waals surface area contributed by atoms with Crippen LogP contribution in [0.15, 0.2) is 32.3 Å². The molecule has 0 aliphatic carbocycles. The third-order valence-corrected chi connectivity index (χ3v) is 3.67. The van der Waals surface area contributed by atoms with Crippen molar-refractivity contribution in [1.29, 1.82) is 0 Å². The van der Waals surface area contributed by atoms with Crippen LogP contribution < -0.4 is 10.6 Å². The molecule has 2 heterocycles. The number of furan rings is 1. The normalized spacial score (nSPS) is 11.9. The predicted molar refractivity (Wildman–Crippen MR) is 99.1 cm³/mol. The summed E-state index contributed by atoms with van der Waals surface area (Å²) in [5.41, 5.74) is 0. The van der Waals surface area contributed by atoms with Crippen LogP contribution in [-0.4, -0.2) is 42.8 Å². The zero-order valence-electron chi connectivity index (χ0n) is 15.8. The molecule has 0 unspecified atom stereocenters. The van der Waals surface area contributed by atoms with Gasteiger partial charge in [-0.15, -0.1) is 0 Å². The molecule has 0 saturated carbocycles. The number of ether oxygens (including phenoxy) is 1. The van der Waals surface area contributed by atoms with Crippen LogP contribution in [0.5, 0.6) is 0 Å². The molecule has 0 fully saturated rings. The Hall–Kier alpha value is -2.35. The lowest BCUT2D eigenvalue weighted by molar-refractivity contribution is 0.105. The van der Waals surface area contributed by atoms with Gasteiger partial charge < -0.3 is 24.3 Å². The van der Waals surface area contributed by atoms with Crippen molar-refractivity contribution in [3.8, 4) is 0 Å². The number of aliphatic imine (C=N–C) groups is 1.